The number of rotatable bonds is 21. The minimum absolute atomic E-state index is 0.135. The van der Waals surface area contributed by atoms with Crippen LogP contribution in [0.15, 0.2) is 0 Å². The maximum atomic E-state index is 11.8. The first-order chi connectivity index (χ1) is 14.0. The smallest absolute Gasteiger partial charge is 0.320 e. The van der Waals surface area contributed by atoms with E-state index in [-0.39, 0.29) is 5.91 Å². The summed E-state index contributed by atoms with van der Waals surface area (Å²) in [5, 5.41) is 12.1. The fraction of sp³-hybridized carbons (Fsp3) is 0.917. The molecule has 29 heavy (non-hydrogen) atoms. The number of hydrogen-bond acceptors (Lipinski definition) is 3. The maximum absolute atomic E-state index is 11.8. The molecule has 172 valence electrons. The standard InChI is InChI=1S/C24H48N2O3/c1-4-5-6-7-8-9-10-11-12-13-14-15-16-20-23(27)25-21-18-17-19-22(24(28)29)26(2)3/h22H,4-21H2,1-3H3,(H,25,27)(H,28,29)/t22-/m0/s1. The van der Waals surface area contributed by atoms with Crippen molar-refractivity contribution in [3.8, 4) is 0 Å². The van der Waals surface area contributed by atoms with E-state index in [4.69, 9.17) is 5.11 Å². The summed E-state index contributed by atoms with van der Waals surface area (Å²) >= 11 is 0. The summed E-state index contributed by atoms with van der Waals surface area (Å²) in [5.74, 6) is -0.642. The topological polar surface area (TPSA) is 69.6 Å². The molecule has 0 spiro atoms. The van der Waals surface area contributed by atoms with Gasteiger partial charge >= 0.3 is 5.97 Å². The third-order valence-corrected chi connectivity index (χ3v) is 5.64. The second-order valence-corrected chi connectivity index (χ2v) is 8.66. The molecule has 0 aromatic heterocycles. The Bertz CT molecular complexity index is 400. The first kappa shape index (κ1) is 27.9. The Balaban J connectivity index is 3.35. The Hall–Kier alpha value is -1.10. The van der Waals surface area contributed by atoms with Crippen molar-refractivity contribution in [1.29, 1.82) is 0 Å². The third kappa shape index (κ3) is 18.7. The molecule has 0 rings (SSSR count). The molecule has 0 unspecified atom stereocenters. The van der Waals surface area contributed by atoms with Crippen LogP contribution >= 0.6 is 0 Å². The number of amides is 1. The molecule has 0 bridgehead atoms. The van der Waals surface area contributed by atoms with Crippen LogP contribution in [0.3, 0.4) is 0 Å². The Kier molecular flexibility index (Phi) is 19.4. The van der Waals surface area contributed by atoms with Crippen molar-refractivity contribution in [2.75, 3.05) is 20.6 Å². The number of aliphatic carboxylic acids is 1. The van der Waals surface area contributed by atoms with Gasteiger partial charge in [-0.05, 0) is 39.8 Å². The summed E-state index contributed by atoms with van der Waals surface area (Å²) < 4.78 is 0. The van der Waals surface area contributed by atoms with Gasteiger partial charge in [0.15, 0.2) is 0 Å². The summed E-state index contributed by atoms with van der Waals surface area (Å²) in [6.07, 6.45) is 20.0. The number of unbranched alkanes of at least 4 members (excludes halogenated alkanes) is 13. The second kappa shape index (κ2) is 20.2. The molecule has 5 heteroatoms. The normalized spacial score (nSPS) is 12.3. The highest BCUT2D eigenvalue weighted by Crippen LogP contribution is 2.13. The van der Waals surface area contributed by atoms with E-state index in [1.807, 2.05) is 0 Å². The second-order valence-electron chi connectivity index (χ2n) is 8.66. The maximum Gasteiger partial charge on any atom is 0.320 e. The number of carbonyl (C=O) groups excluding carboxylic acids is 1. The van der Waals surface area contributed by atoms with Crippen LogP contribution in [0, 0.1) is 0 Å². The molecule has 0 radical (unpaired) electrons. The molecular weight excluding hydrogens is 364 g/mol. The molecule has 0 aliphatic carbocycles. The first-order valence-electron chi connectivity index (χ1n) is 12.1. The monoisotopic (exact) mass is 412 g/mol. The van der Waals surface area contributed by atoms with Crippen molar-refractivity contribution in [3.05, 3.63) is 0 Å². The van der Waals surface area contributed by atoms with Crippen LogP contribution in [0.25, 0.3) is 0 Å². The summed E-state index contributed by atoms with van der Waals surface area (Å²) in [4.78, 5) is 24.7. The number of nitrogens with one attached hydrogen (secondary N) is 1. The lowest BCUT2D eigenvalue weighted by Crippen LogP contribution is -2.35. The molecule has 0 aromatic rings. The summed E-state index contributed by atoms with van der Waals surface area (Å²) in [6.45, 7) is 2.91. The lowest BCUT2D eigenvalue weighted by atomic mass is 10.0. The molecule has 0 aliphatic rings. The molecule has 0 aromatic carbocycles. The van der Waals surface area contributed by atoms with Gasteiger partial charge in [0.2, 0.25) is 5.91 Å². The molecule has 0 saturated heterocycles. The number of carboxylic acids is 1. The number of carbonyl (C=O) groups is 2. The molecule has 0 heterocycles. The lowest BCUT2D eigenvalue weighted by molar-refractivity contribution is -0.142. The van der Waals surface area contributed by atoms with Gasteiger partial charge in [0.25, 0.3) is 0 Å². The van der Waals surface area contributed by atoms with E-state index in [9.17, 15) is 9.59 Å². The predicted molar refractivity (Wildman–Crippen MR) is 122 cm³/mol. The highest BCUT2D eigenvalue weighted by atomic mass is 16.4. The largest absolute Gasteiger partial charge is 0.480 e. The zero-order valence-corrected chi connectivity index (χ0v) is 19.5. The molecular formula is C24H48N2O3. The van der Waals surface area contributed by atoms with Crippen LogP contribution in [-0.4, -0.2) is 48.6 Å². The SMILES string of the molecule is CCCCCCCCCCCCCCCC(=O)NCCCC[C@@H](C(=O)O)N(C)C. The Morgan fingerprint density at radius 1 is 0.759 bits per heavy atom. The number of hydrogen-bond donors (Lipinski definition) is 2. The Labute approximate surface area is 180 Å². The average molecular weight is 413 g/mol. The van der Waals surface area contributed by atoms with Gasteiger partial charge in [-0.25, -0.2) is 0 Å². The van der Waals surface area contributed by atoms with Gasteiger partial charge in [-0.2, -0.15) is 0 Å². The zero-order chi connectivity index (χ0) is 21.7. The molecule has 0 aliphatic heterocycles. The van der Waals surface area contributed by atoms with Gasteiger partial charge in [0, 0.05) is 13.0 Å². The first-order valence-corrected chi connectivity index (χ1v) is 12.1. The van der Waals surface area contributed by atoms with E-state index >= 15 is 0 Å². The fourth-order valence-electron chi connectivity index (χ4n) is 3.68. The third-order valence-electron chi connectivity index (χ3n) is 5.64. The molecule has 2 N–H and O–H groups in total. The van der Waals surface area contributed by atoms with E-state index in [1.54, 1.807) is 19.0 Å². The number of carboxylic acid groups (broad SMARTS) is 1. The predicted octanol–water partition coefficient (Wildman–Crippen LogP) is 5.77. The van der Waals surface area contributed by atoms with Gasteiger partial charge < -0.3 is 10.4 Å². The van der Waals surface area contributed by atoms with E-state index in [1.165, 1.54) is 70.6 Å². The summed E-state index contributed by atoms with van der Waals surface area (Å²) in [7, 11) is 3.58. The van der Waals surface area contributed by atoms with Crippen LogP contribution in [-0.2, 0) is 9.59 Å². The van der Waals surface area contributed by atoms with Gasteiger partial charge in [-0.15, -0.1) is 0 Å². The zero-order valence-electron chi connectivity index (χ0n) is 19.5. The van der Waals surface area contributed by atoms with Crippen molar-refractivity contribution < 1.29 is 14.7 Å². The van der Waals surface area contributed by atoms with Crippen molar-refractivity contribution in [1.82, 2.24) is 10.2 Å². The van der Waals surface area contributed by atoms with Crippen LogP contribution in [0.5, 0.6) is 0 Å². The van der Waals surface area contributed by atoms with Crippen molar-refractivity contribution >= 4 is 11.9 Å². The molecule has 0 fully saturated rings. The Morgan fingerprint density at radius 2 is 1.24 bits per heavy atom. The minimum atomic E-state index is -0.776. The van der Waals surface area contributed by atoms with Gasteiger partial charge in [0.1, 0.15) is 6.04 Å². The van der Waals surface area contributed by atoms with Crippen molar-refractivity contribution in [2.45, 2.75) is 122 Å². The molecule has 5 nitrogen and oxygen atoms in total. The van der Waals surface area contributed by atoms with E-state index < -0.39 is 12.0 Å². The summed E-state index contributed by atoms with van der Waals surface area (Å²) in [6, 6.07) is -0.434. The Morgan fingerprint density at radius 3 is 1.69 bits per heavy atom. The van der Waals surface area contributed by atoms with Crippen LogP contribution in [0.1, 0.15) is 116 Å². The minimum Gasteiger partial charge on any atom is -0.480 e. The number of nitrogens with zero attached hydrogens (tertiary/aromatic N) is 1. The van der Waals surface area contributed by atoms with Crippen LogP contribution in [0.2, 0.25) is 0 Å². The number of likely N-dealkylation sites (N-methyl/N-ethyl adjacent to an activating group) is 1. The average Bonchev–Trinajstić information content (AvgIpc) is 2.67. The summed E-state index contributed by atoms with van der Waals surface area (Å²) in [5.41, 5.74) is 0. The van der Waals surface area contributed by atoms with E-state index in [0.29, 0.717) is 19.4 Å². The van der Waals surface area contributed by atoms with Crippen molar-refractivity contribution in [2.24, 2.45) is 0 Å². The van der Waals surface area contributed by atoms with Gasteiger partial charge in [0.05, 0.1) is 0 Å². The van der Waals surface area contributed by atoms with Crippen LogP contribution in [0.4, 0.5) is 0 Å². The fourth-order valence-corrected chi connectivity index (χ4v) is 3.68. The van der Waals surface area contributed by atoms with Crippen molar-refractivity contribution in [3.63, 3.8) is 0 Å². The van der Waals surface area contributed by atoms with E-state index in [2.05, 4.69) is 12.2 Å². The van der Waals surface area contributed by atoms with Gasteiger partial charge in [-0.1, -0.05) is 84.0 Å². The highest BCUT2D eigenvalue weighted by molar-refractivity contribution is 5.75. The van der Waals surface area contributed by atoms with Gasteiger partial charge in [-0.3, -0.25) is 14.5 Å². The molecule has 1 amide bonds. The molecule has 0 saturated carbocycles. The quantitative estimate of drug-likeness (QED) is 0.235. The molecule has 1 atom stereocenters. The van der Waals surface area contributed by atoms with E-state index in [0.717, 1.165) is 25.7 Å². The lowest BCUT2D eigenvalue weighted by Gasteiger charge is -2.19. The van der Waals surface area contributed by atoms with Crippen LogP contribution < -0.4 is 5.32 Å². The highest BCUT2D eigenvalue weighted by Gasteiger charge is 2.18.